The molecule has 2 N–H and O–H groups in total. The zero-order valence-electron chi connectivity index (χ0n) is 10.0. The van der Waals surface area contributed by atoms with Crippen LogP contribution in [0, 0.1) is 5.41 Å². The van der Waals surface area contributed by atoms with E-state index in [-0.39, 0.29) is 5.45 Å². The molecule has 0 aromatic rings. The van der Waals surface area contributed by atoms with E-state index in [1.807, 2.05) is 20.8 Å². The van der Waals surface area contributed by atoms with Gasteiger partial charge in [0.15, 0.2) is 0 Å². The van der Waals surface area contributed by atoms with Crippen LogP contribution >= 0.6 is 7.94 Å². The SMILES string of the molecule is CCO[P+](O)(OCC)C(=NO)C(C)(C)C. The summed E-state index contributed by atoms with van der Waals surface area (Å²) in [6.07, 6.45) is 0. The third-order valence-corrected chi connectivity index (χ3v) is 4.15. The topological polar surface area (TPSA) is 71.3 Å². The molecule has 0 unspecified atom stereocenters. The van der Waals surface area contributed by atoms with Gasteiger partial charge in [0.05, 0.1) is 13.2 Å². The predicted molar refractivity (Wildman–Crippen MR) is 61.1 cm³/mol. The van der Waals surface area contributed by atoms with Crippen LogP contribution < -0.4 is 0 Å². The fourth-order valence-electron chi connectivity index (χ4n) is 1.14. The van der Waals surface area contributed by atoms with Crippen LogP contribution in [0.15, 0.2) is 5.16 Å². The molecular formula is C9H21NO4P+. The van der Waals surface area contributed by atoms with Crippen molar-refractivity contribution in [2.75, 3.05) is 13.2 Å². The maximum Gasteiger partial charge on any atom is 0.465 e. The monoisotopic (exact) mass is 238 g/mol. The molecule has 0 saturated carbocycles. The Morgan fingerprint density at radius 3 is 1.80 bits per heavy atom. The molecule has 15 heavy (non-hydrogen) atoms. The van der Waals surface area contributed by atoms with Crippen LogP contribution in [0.25, 0.3) is 0 Å². The maximum atomic E-state index is 10.2. The van der Waals surface area contributed by atoms with E-state index in [1.54, 1.807) is 13.8 Å². The second-order valence-electron chi connectivity index (χ2n) is 4.03. The Kier molecular flexibility index (Phi) is 5.67. The fourth-order valence-corrected chi connectivity index (χ4v) is 3.12. The summed E-state index contributed by atoms with van der Waals surface area (Å²) in [6, 6.07) is 0. The number of nitrogens with zero attached hydrogens (tertiary/aromatic N) is 1. The van der Waals surface area contributed by atoms with Crippen LogP contribution in [-0.4, -0.2) is 28.8 Å². The Morgan fingerprint density at radius 2 is 1.60 bits per heavy atom. The highest BCUT2D eigenvalue weighted by atomic mass is 31.2. The molecule has 0 aromatic carbocycles. The van der Waals surface area contributed by atoms with Crippen molar-refractivity contribution in [1.82, 2.24) is 0 Å². The lowest BCUT2D eigenvalue weighted by atomic mass is 9.99. The molecule has 0 spiro atoms. The molecule has 0 bridgehead atoms. The van der Waals surface area contributed by atoms with Crippen molar-refractivity contribution in [2.45, 2.75) is 34.6 Å². The van der Waals surface area contributed by atoms with E-state index in [9.17, 15) is 4.89 Å². The average molecular weight is 238 g/mol. The van der Waals surface area contributed by atoms with Crippen molar-refractivity contribution in [2.24, 2.45) is 10.6 Å². The Bertz CT molecular complexity index is 219. The second-order valence-corrected chi connectivity index (χ2v) is 6.01. The number of oxime groups is 1. The van der Waals surface area contributed by atoms with Crippen LogP contribution in [0.1, 0.15) is 34.6 Å². The Balaban J connectivity index is 5.04. The van der Waals surface area contributed by atoms with Gasteiger partial charge in [0.2, 0.25) is 0 Å². The third kappa shape index (κ3) is 4.03. The first-order valence-corrected chi connectivity index (χ1v) is 6.53. The maximum absolute atomic E-state index is 10.2. The van der Waals surface area contributed by atoms with E-state index in [2.05, 4.69) is 5.16 Å². The van der Waals surface area contributed by atoms with Crippen LogP contribution in [-0.2, 0) is 9.05 Å². The number of rotatable bonds is 5. The predicted octanol–water partition coefficient (Wildman–Crippen LogP) is 2.65. The Labute approximate surface area is 91.7 Å². The standard InChI is InChI=1S/C9H20NO4P/c1-6-13-15(12,14-7-2)8(10-11)9(3,4)5/h12H,6-7H2,1-5H3/p+1. The molecule has 0 fully saturated rings. The van der Waals surface area contributed by atoms with Gasteiger partial charge in [-0.15, -0.1) is 0 Å². The van der Waals surface area contributed by atoms with E-state index >= 15 is 0 Å². The van der Waals surface area contributed by atoms with Crippen LogP contribution in [0.3, 0.4) is 0 Å². The van der Waals surface area contributed by atoms with Crippen LogP contribution in [0.5, 0.6) is 0 Å². The van der Waals surface area contributed by atoms with Gasteiger partial charge < -0.3 is 5.21 Å². The minimum Gasteiger partial charge on any atom is -0.408 e. The molecular weight excluding hydrogens is 217 g/mol. The van der Waals surface area contributed by atoms with E-state index in [0.717, 1.165) is 0 Å². The smallest absolute Gasteiger partial charge is 0.408 e. The van der Waals surface area contributed by atoms with Crippen LogP contribution in [0.4, 0.5) is 0 Å². The molecule has 0 heterocycles. The molecule has 0 aliphatic carbocycles. The zero-order chi connectivity index (χ0) is 12.1. The van der Waals surface area contributed by atoms with Crippen molar-refractivity contribution < 1.29 is 19.1 Å². The highest BCUT2D eigenvalue weighted by Crippen LogP contribution is 2.61. The van der Waals surface area contributed by atoms with Crippen molar-refractivity contribution in [1.29, 1.82) is 0 Å². The summed E-state index contributed by atoms with van der Waals surface area (Å²) in [5, 5.41) is 12.1. The summed E-state index contributed by atoms with van der Waals surface area (Å²) in [7, 11) is -3.20. The first-order chi connectivity index (χ1) is 6.81. The fraction of sp³-hybridized carbons (Fsp3) is 0.889. The number of hydrogen-bond acceptors (Lipinski definition) is 5. The average Bonchev–Trinajstić information content (AvgIpc) is 2.02. The van der Waals surface area contributed by atoms with E-state index in [0.29, 0.717) is 13.2 Å². The minimum atomic E-state index is -3.20. The van der Waals surface area contributed by atoms with Crippen LogP contribution in [0.2, 0.25) is 0 Å². The lowest BCUT2D eigenvalue weighted by molar-refractivity contribution is 0.198. The summed E-state index contributed by atoms with van der Waals surface area (Å²) in [5.41, 5.74) is -0.333. The van der Waals surface area contributed by atoms with Gasteiger partial charge in [-0.05, 0) is 19.0 Å². The molecule has 5 nitrogen and oxygen atoms in total. The van der Waals surface area contributed by atoms with Gasteiger partial charge >= 0.3 is 7.94 Å². The summed E-state index contributed by atoms with van der Waals surface area (Å²) in [5.74, 6) is 0. The highest BCUT2D eigenvalue weighted by Gasteiger charge is 2.54. The van der Waals surface area contributed by atoms with Gasteiger partial charge in [0.25, 0.3) is 5.45 Å². The molecule has 0 aromatic heterocycles. The molecule has 0 atom stereocenters. The quantitative estimate of drug-likeness (QED) is 0.334. The molecule has 0 saturated heterocycles. The second kappa shape index (κ2) is 5.75. The highest BCUT2D eigenvalue weighted by molar-refractivity contribution is 7.78. The lowest BCUT2D eigenvalue weighted by Crippen LogP contribution is -2.26. The normalized spacial score (nSPS) is 14.4. The molecule has 0 rings (SSSR count). The largest absolute Gasteiger partial charge is 0.465 e. The molecule has 90 valence electrons. The molecule has 0 aliphatic rings. The molecule has 0 aliphatic heterocycles. The summed E-state index contributed by atoms with van der Waals surface area (Å²) in [6.45, 7) is 9.59. The zero-order valence-corrected chi connectivity index (χ0v) is 10.9. The van der Waals surface area contributed by atoms with Crippen molar-refractivity contribution in [3.63, 3.8) is 0 Å². The lowest BCUT2D eigenvalue weighted by Gasteiger charge is -2.23. The minimum absolute atomic E-state index is 0.165. The summed E-state index contributed by atoms with van der Waals surface area (Å²) < 4.78 is 10.4. The van der Waals surface area contributed by atoms with Gasteiger partial charge in [-0.2, -0.15) is 13.9 Å². The van der Waals surface area contributed by atoms with Crippen molar-refractivity contribution in [3.05, 3.63) is 0 Å². The van der Waals surface area contributed by atoms with E-state index < -0.39 is 13.4 Å². The summed E-state index contributed by atoms with van der Waals surface area (Å²) >= 11 is 0. The molecule has 0 radical (unpaired) electrons. The van der Waals surface area contributed by atoms with E-state index in [4.69, 9.17) is 14.3 Å². The van der Waals surface area contributed by atoms with Gasteiger partial charge in [0, 0.05) is 5.41 Å². The van der Waals surface area contributed by atoms with Gasteiger partial charge in [-0.3, -0.25) is 0 Å². The van der Waals surface area contributed by atoms with Crippen molar-refractivity contribution in [3.8, 4) is 0 Å². The van der Waals surface area contributed by atoms with E-state index in [1.165, 1.54) is 0 Å². The number of hydrogen-bond donors (Lipinski definition) is 2. The van der Waals surface area contributed by atoms with Gasteiger partial charge in [-0.1, -0.05) is 20.8 Å². The third-order valence-electron chi connectivity index (χ3n) is 1.64. The Morgan fingerprint density at radius 1 is 1.20 bits per heavy atom. The molecule has 6 heteroatoms. The van der Waals surface area contributed by atoms with Gasteiger partial charge in [-0.25, -0.2) is 0 Å². The first kappa shape index (κ1) is 14.8. The van der Waals surface area contributed by atoms with Crippen molar-refractivity contribution >= 4 is 13.4 Å². The van der Waals surface area contributed by atoms with Gasteiger partial charge in [0.1, 0.15) is 0 Å². The Hall–Kier alpha value is -0.220. The summed E-state index contributed by atoms with van der Waals surface area (Å²) in [4.78, 5) is 10.2. The first-order valence-electron chi connectivity index (χ1n) is 4.95. The molecule has 0 amide bonds.